The Morgan fingerprint density at radius 3 is 2.20 bits per heavy atom. The van der Waals surface area contributed by atoms with Crippen LogP contribution in [0.15, 0.2) is 110 Å². The van der Waals surface area contributed by atoms with Crippen LogP contribution in [0, 0.1) is 5.92 Å². The van der Waals surface area contributed by atoms with Crippen molar-refractivity contribution in [3.8, 4) is 11.1 Å². The van der Waals surface area contributed by atoms with Gasteiger partial charge in [-0.1, -0.05) is 61.5 Å². The molecule has 13 nitrogen and oxygen atoms in total. The number of aromatic nitrogens is 3. The standard InChI is InChI=1S/C49H54F3N9O4/c1-33(35-7-12-40(13-8-35)49(50,51)52)27-54-46(37-5-3-2-4-6-37)48(65)56-43-17-11-38(28-53-43)39-29-55-61(31-39)32-45(63)60-21-19-34(20-22-60)30-58-23-25-59(26-24-58)41-14-9-36(10-15-41)42-16-18-44(62)57-47(42)64/h2-15,17,28-29,31,33-34,42,46,54H,16,18-27,30,32H2,1H3,(H,53,56,65)(H,57,62,64)/t33-,42?,46-/m1/s1. The zero-order chi connectivity index (χ0) is 45.5. The van der Waals surface area contributed by atoms with Gasteiger partial charge in [0.2, 0.25) is 23.6 Å². The number of rotatable bonds is 14. The Kier molecular flexibility index (Phi) is 14.0. The van der Waals surface area contributed by atoms with Crippen molar-refractivity contribution < 1.29 is 32.3 Å². The number of halogens is 3. The van der Waals surface area contributed by atoms with Gasteiger partial charge in [-0.05, 0) is 84.2 Å². The average Bonchev–Trinajstić information content (AvgIpc) is 3.78. The Morgan fingerprint density at radius 2 is 1.54 bits per heavy atom. The topological polar surface area (TPSA) is 145 Å². The maximum Gasteiger partial charge on any atom is 0.416 e. The Balaban J connectivity index is 0.769. The van der Waals surface area contributed by atoms with Crippen LogP contribution in [0.1, 0.15) is 72.7 Å². The Morgan fingerprint density at radius 1 is 0.815 bits per heavy atom. The minimum Gasteiger partial charge on any atom is -0.369 e. The first-order chi connectivity index (χ1) is 31.4. The third-order valence-electron chi connectivity index (χ3n) is 12.9. The molecule has 65 heavy (non-hydrogen) atoms. The van der Waals surface area contributed by atoms with Crippen LogP contribution in [0.25, 0.3) is 11.1 Å². The summed E-state index contributed by atoms with van der Waals surface area (Å²) in [5.41, 5.74) is 4.39. The molecule has 5 heterocycles. The Bertz CT molecular complexity index is 2410. The molecular formula is C49H54F3N9O4. The third-order valence-corrected chi connectivity index (χ3v) is 12.9. The fraction of sp³-hybridized carbons (Fsp3) is 0.388. The number of imide groups is 1. The van der Waals surface area contributed by atoms with Crippen LogP contribution in [0.3, 0.4) is 0 Å². The quantitative estimate of drug-likeness (QED) is 0.105. The van der Waals surface area contributed by atoms with Gasteiger partial charge in [0.05, 0.1) is 17.7 Å². The number of alkyl halides is 3. The number of pyridine rings is 1. The molecule has 5 aromatic rings. The van der Waals surface area contributed by atoms with Crippen LogP contribution >= 0.6 is 0 Å². The summed E-state index contributed by atoms with van der Waals surface area (Å²) in [5, 5.41) is 13.1. The van der Waals surface area contributed by atoms with Crippen molar-refractivity contribution in [1.29, 1.82) is 0 Å². The molecule has 340 valence electrons. The summed E-state index contributed by atoms with van der Waals surface area (Å²) in [6, 6.07) is 25.2. The predicted octanol–water partition coefficient (Wildman–Crippen LogP) is 6.62. The number of carbonyl (C=O) groups excluding carboxylic acids is 4. The number of likely N-dealkylation sites (tertiary alicyclic amines) is 1. The highest BCUT2D eigenvalue weighted by Gasteiger charge is 2.31. The zero-order valence-corrected chi connectivity index (χ0v) is 36.3. The average molecular weight is 890 g/mol. The van der Waals surface area contributed by atoms with Crippen molar-refractivity contribution in [3.05, 3.63) is 132 Å². The van der Waals surface area contributed by atoms with E-state index >= 15 is 0 Å². The molecule has 0 radical (unpaired) electrons. The number of amides is 4. The molecule has 8 rings (SSSR count). The number of hydrogen-bond acceptors (Lipinski definition) is 9. The van der Waals surface area contributed by atoms with Crippen LogP contribution in [0.5, 0.6) is 0 Å². The second-order valence-electron chi connectivity index (χ2n) is 17.3. The van der Waals surface area contributed by atoms with E-state index in [0.717, 1.165) is 91.2 Å². The van der Waals surface area contributed by atoms with Crippen LogP contribution in [0.4, 0.5) is 24.7 Å². The fourth-order valence-electron chi connectivity index (χ4n) is 8.94. The minimum absolute atomic E-state index is 0.0295. The molecule has 3 atom stereocenters. The highest BCUT2D eigenvalue weighted by atomic mass is 19.4. The first kappa shape index (κ1) is 45.2. The first-order valence-corrected chi connectivity index (χ1v) is 22.3. The monoisotopic (exact) mass is 889 g/mol. The lowest BCUT2D eigenvalue weighted by atomic mass is 9.90. The molecule has 0 saturated carbocycles. The lowest BCUT2D eigenvalue weighted by molar-refractivity contribution is -0.138. The predicted molar refractivity (Wildman–Crippen MR) is 241 cm³/mol. The number of nitrogens with one attached hydrogen (secondary N) is 3. The van der Waals surface area contributed by atoms with Crippen molar-refractivity contribution in [2.24, 2.45) is 5.92 Å². The molecule has 1 unspecified atom stereocenters. The van der Waals surface area contributed by atoms with E-state index in [1.54, 1.807) is 23.1 Å². The number of anilines is 2. The van der Waals surface area contributed by atoms with Gasteiger partial charge in [0.15, 0.2) is 0 Å². The first-order valence-electron chi connectivity index (χ1n) is 22.3. The summed E-state index contributed by atoms with van der Waals surface area (Å²) < 4.78 is 40.9. The molecule has 3 saturated heterocycles. The zero-order valence-electron chi connectivity index (χ0n) is 36.3. The second-order valence-corrected chi connectivity index (χ2v) is 17.3. The molecule has 3 N–H and O–H groups in total. The summed E-state index contributed by atoms with van der Waals surface area (Å²) in [7, 11) is 0. The second kappa shape index (κ2) is 20.2. The Labute approximate surface area is 376 Å². The van der Waals surface area contributed by atoms with Gasteiger partial charge in [0, 0.05) is 88.0 Å². The van der Waals surface area contributed by atoms with E-state index < -0.39 is 17.8 Å². The van der Waals surface area contributed by atoms with Crippen LogP contribution in [-0.4, -0.2) is 101 Å². The lowest BCUT2D eigenvalue weighted by Crippen LogP contribution is -2.49. The van der Waals surface area contributed by atoms with Gasteiger partial charge >= 0.3 is 6.18 Å². The van der Waals surface area contributed by atoms with E-state index in [1.807, 2.05) is 66.6 Å². The summed E-state index contributed by atoms with van der Waals surface area (Å²) in [5.74, 6) is -0.293. The lowest BCUT2D eigenvalue weighted by Gasteiger charge is -2.39. The van der Waals surface area contributed by atoms with E-state index in [9.17, 15) is 32.3 Å². The van der Waals surface area contributed by atoms with E-state index in [4.69, 9.17) is 0 Å². The van der Waals surface area contributed by atoms with Crippen LogP contribution < -0.4 is 20.9 Å². The summed E-state index contributed by atoms with van der Waals surface area (Å²) in [4.78, 5) is 62.1. The molecule has 3 aliphatic heterocycles. The maximum absolute atomic E-state index is 13.6. The minimum atomic E-state index is -4.41. The van der Waals surface area contributed by atoms with Gasteiger partial charge < -0.3 is 20.4 Å². The van der Waals surface area contributed by atoms with Crippen LogP contribution in [-0.2, 0) is 31.9 Å². The van der Waals surface area contributed by atoms with Gasteiger partial charge in [-0.15, -0.1) is 0 Å². The smallest absolute Gasteiger partial charge is 0.369 e. The number of hydrogen-bond donors (Lipinski definition) is 3. The molecule has 16 heteroatoms. The van der Waals surface area contributed by atoms with Crippen molar-refractivity contribution in [2.75, 3.05) is 62.6 Å². The molecule has 3 aliphatic rings. The number of carbonyl (C=O) groups is 4. The van der Waals surface area contributed by atoms with Gasteiger partial charge in [-0.25, -0.2) is 4.98 Å². The van der Waals surface area contributed by atoms with Crippen molar-refractivity contribution in [1.82, 2.24) is 35.2 Å². The SMILES string of the molecule is C[C@H](CN[C@@H](C(=O)Nc1ccc(-c2cnn(CC(=O)N3CCC(CN4CCN(c5ccc(C6CCC(=O)NC6=O)cc5)CC4)CC3)c2)cn1)c1ccccc1)c1ccc(C(F)(F)F)cc1. The van der Waals surface area contributed by atoms with Gasteiger partial charge in [-0.2, -0.15) is 18.3 Å². The molecular weight excluding hydrogens is 836 g/mol. The molecule has 4 amide bonds. The van der Waals surface area contributed by atoms with Gasteiger partial charge in [-0.3, -0.25) is 34.1 Å². The number of piperazine rings is 1. The van der Waals surface area contributed by atoms with Crippen molar-refractivity contribution >= 4 is 35.1 Å². The molecule has 0 bridgehead atoms. The van der Waals surface area contributed by atoms with Crippen LogP contribution in [0.2, 0.25) is 0 Å². The van der Waals surface area contributed by atoms with Crippen molar-refractivity contribution in [3.63, 3.8) is 0 Å². The number of nitrogens with zero attached hydrogens (tertiary/aromatic N) is 6. The largest absolute Gasteiger partial charge is 0.416 e. The normalized spacial score (nSPS) is 18.6. The number of piperidine rings is 2. The van der Waals surface area contributed by atoms with Crippen molar-refractivity contribution in [2.45, 2.75) is 63.2 Å². The highest BCUT2D eigenvalue weighted by Crippen LogP contribution is 2.31. The third kappa shape index (κ3) is 11.5. The molecule has 2 aromatic heterocycles. The van der Waals surface area contributed by atoms with Gasteiger partial charge in [0.1, 0.15) is 18.4 Å². The summed E-state index contributed by atoms with van der Waals surface area (Å²) in [6.45, 7) is 8.58. The summed E-state index contributed by atoms with van der Waals surface area (Å²) in [6.07, 6.45) is 3.57. The van der Waals surface area contributed by atoms with Gasteiger partial charge in [0.25, 0.3) is 0 Å². The molecule has 0 aliphatic carbocycles. The Hall–Kier alpha value is -6.39. The van der Waals surface area contributed by atoms with E-state index in [1.165, 1.54) is 12.1 Å². The van der Waals surface area contributed by atoms with E-state index in [-0.39, 0.29) is 42.0 Å². The number of benzene rings is 3. The fourth-order valence-corrected chi connectivity index (χ4v) is 8.94. The summed E-state index contributed by atoms with van der Waals surface area (Å²) >= 11 is 0. The molecule has 3 fully saturated rings. The van der Waals surface area contributed by atoms with E-state index in [0.29, 0.717) is 44.2 Å². The highest BCUT2D eigenvalue weighted by molar-refractivity contribution is 6.01. The maximum atomic E-state index is 13.6. The van der Waals surface area contributed by atoms with E-state index in [2.05, 4.69) is 48.0 Å². The molecule has 0 spiro atoms. The molecule has 3 aromatic carbocycles.